The van der Waals surface area contributed by atoms with Crippen LogP contribution >= 0.6 is 0 Å². The number of fused-ring (bicyclic) bond motifs is 1. The lowest BCUT2D eigenvalue weighted by molar-refractivity contribution is 0.568. The molecule has 0 atom stereocenters. The normalized spacial score (nSPS) is 11.7. The van der Waals surface area contributed by atoms with Crippen LogP contribution in [-0.2, 0) is 16.6 Å². The number of furan rings is 1. The first-order valence-corrected chi connectivity index (χ1v) is 9.43. The summed E-state index contributed by atoms with van der Waals surface area (Å²) in [4.78, 5) is 8.70. The van der Waals surface area contributed by atoms with E-state index >= 15 is 0 Å². The van der Waals surface area contributed by atoms with E-state index < -0.39 is 10.0 Å². The molecule has 0 saturated heterocycles. The summed E-state index contributed by atoms with van der Waals surface area (Å²) in [6, 6.07) is 14.2. The highest BCUT2D eigenvalue weighted by molar-refractivity contribution is 7.89. The fourth-order valence-electron chi connectivity index (χ4n) is 2.66. The molecular weight excluding hydrogens is 350 g/mol. The molecule has 0 aliphatic carbocycles. The summed E-state index contributed by atoms with van der Waals surface area (Å²) >= 11 is 0. The number of sulfonamides is 1. The molecule has 7 heteroatoms. The number of nitrogens with one attached hydrogen (secondary N) is 1. The van der Waals surface area contributed by atoms with E-state index in [9.17, 15) is 8.42 Å². The van der Waals surface area contributed by atoms with Gasteiger partial charge < -0.3 is 4.42 Å². The van der Waals surface area contributed by atoms with Crippen molar-refractivity contribution < 1.29 is 12.8 Å². The third-order valence-electron chi connectivity index (χ3n) is 3.99. The fourth-order valence-corrected chi connectivity index (χ4v) is 3.85. The van der Waals surface area contributed by atoms with E-state index in [4.69, 9.17) is 4.42 Å². The molecule has 0 unspecified atom stereocenters. The van der Waals surface area contributed by atoms with Gasteiger partial charge in [0.2, 0.25) is 10.0 Å². The van der Waals surface area contributed by atoms with Crippen molar-refractivity contribution in [2.45, 2.75) is 11.4 Å². The maximum Gasteiger partial charge on any atom is 0.243 e. The van der Waals surface area contributed by atoms with Crippen LogP contribution in [0.1, 0.15) is 5.56 Å². The van der Waals surface area contributed by atoms with E-state index in [0.717, 1.165) is 22.2 Å². The molecule has 0 aliphatic rings. The second-order valence-electron chi connectivity index (χ2n) is 5.72. The summed E-state index contributed by atoms with van der Waals surface area (Å²) in [5.41, 5.74) is 2.85. The lowest BCUT2D eigenvalue weighted by atomic mass is 10.2. The number of benzene rings is 1. The van der Waals surface area contributed by atoms with Gasteiger partial charge in [-0.2, -0.15) is 0 Å². The average molecular weight is 365 g/mol. The predicted molar refractivity (Wildman–Crippen MR) is 97.7 cm³/mol. The third kappa shape index (κ3) is 3.22. The Morgan fingerprint density at radius 1 is 1.00 bits per heavy atom. The number of hydrogen-bond donors (Lipinski definition) is 1. The van der Waals surface area contributed by atoms with Gasteiger partial charge in [0, 0.05) is 29.9 Å². The van der Waals surface area contributed by atoms with Gasteiger partial charge in [0.05, 0.1) is 23.7 Å². The van der Waals surface area contributed by atoms with Gasteiger partial charge in [-0.3, -0.25) is 9.97 Å². The van der Waals surface area contributed by atoms with Crippen molar-refractivity contribution in [2.24, 2.45) is 0 Å². The van der Waals surface area contributed by atoms with E-state index in [1.165, 1.54) is 0 Å². The summed E-state index contributed by atoms with van der Waals surface area (Å²) in [6.45, 7) is 0.143. The second kappa shape index (κ2) is 6.70. The Hall–Kier alpha value is -3.03. The lowest BCUT2D eigenvalue weighted by Gasteiger charge is -2.09. The first-order valence-electron chi connectivity index (χ1n) is 7.94. The van der Waals surface area contributed by atoms with Crippen molar-refractivity contribution in [2.75, 3.05) is 0 Å². The van der Waals surface area contributed by atoms with E-state index in [2.05, 4.69) is 14.7 Å². The molecule has 4 aromatic rings. The van der Waals surface area contributed by atoms with Crippen molar-refractivity contribution in [3.8, 4) is 11.3 Å². The summed E-state index contributed by atoms with van der Waals surface area (Å²) in [6.07, 6.45) is 6.42. The quantitative estimate of drug-likeness (QED) is 0.586. The standard InChI is InChI=1S/C19H15N3O3S/c23-26(24,18-5-1-3-15-4-2-9-20-19(15)18)22-12-14-6-7-17(21-11-14)16-8-10-25-13-16/h1-11,13,22H,12H2. The van der Waals surface area contributed by atoms with Crippen LogP contribution in [0, 0.1) is 0 Å². The maximum atomic E-state index is 12.7. The molecule has 4 rings (SSSR count). The molecular formula is C19H15N3O3S. The van der Waals surface area contributed by atoms with Crippen molar-refractivity contribution in [1.82, 2.24) is 14.7 Å². The first-order chi connectivity index (χ1) is 12.6. The van der Waals surface area contributed by atoms with Crippen LogP contribution in [0.4, 0.5) is 0 Å². The Morgan fingerprint density at radius 2 is 1.88 bits per heavy atom. The van der Waals surface area contributed by atoms with Gasteiger partial charge in [0.25, 0.3) is 0 Å². The smallest absolute Gasteiger partial charge is 0.243 e. The van der Waals surface area contributed by atoms with Crippen molar-refractivity contribution in [3.05, 3.63) is 79.0 Å². The van der Waals surface area contributed by atoms with Crippen molar-refractivity contribution in [3.63, 3.8) is 0 Å². The molecule has 0 spiro atoms. The number of aromatic nitrogens is 2. The SMILES string of the molecule is O=S(=O)(NCc1ccc(-c2ccoc2)nc1)c1cccc2cccnc12. The molecule has 0 bridgehead atoms. The number of rotatable bonds is 5. The maximum absolute atomic E-state index is 12.7. The van der Waals surface area contributed by atoms with Crippen LogP contribution in [-0.4, -0.2) is 18.4 Å². The number of para-hydroxylation sites is 1. The van der Waals surface area contributed by atoms with Crippen LogP contribution in [0.5, 0.6) is 0 Å². The zero-order valence-corrected chi connectivity index (χ0v) is 14.5. The summed E-state index contributed by atoms with van der Waals surface area (Å²) < 4.78 is 33.0. The highest BCUT2D eigenvalue weighted by Gasteiger charge is 2.17. The highest BCUT2D eigenvalue weighted by Crippen LogP contribution is 2.21. The van der Waals surface area contributed by atoms with E-state index in [-0.39, 0.29) is 11.4 Å². The molecule has 1 aromatic carbocycles. The molecule has 130 valence electrons. The Balaban J connectivity index is 1.55. The summed E-state index contributed by atoms with van der Waals surface area (Å²) in [5.74, 6) is 0. The van der Waals surface area contributed by atoms with Gasteiger partial charge in [-0.15, -0.1) is 0 Å². The van der Waals surface area contributed by atoms with Gasteiger partial charge in [-0.1, -0.05) is 24.3 Å². The molecule has 0 fully saturated rings. The van der Waals surface area contributed by atoms with Gasteiger partial charge >= 0.3 is 0 Å². The van der Waals surface area contributed by atoms with Crippen LogP contribution < -0.4 is 4.72 Å². The largest absolute Gasteiger partial charge is 0.472 e. The monoisotopic (exact) mass is 365 g/mol. The van der Waals surface area contributed by atoms with E-state index in [1.54, 1.807) is 43.1 Å². The molecule has 6 nitrogen and oxygen atoms in total. The van der Waals surface area contributed by atoms with Crippen LogP contribution in [0.25, 0.3) is 22.2 Å². The molecule has 0 aliphatic heterocycles. The Kier molecular flexibility index (Phi) is 4.24. The average Bonchev–Trinajstić information content (AvgIpc) is 3.21. The molecule has 0 saturated carbocycles. The van der Waals surface area contributed by atoms with Crippen molar-refractivity contribution in [1.29, 1.82) is 0 Å². The zero-order valence-electron chi connectivity index (χ0n) is 13.7. The minimum absolute atomic E-state index is 0.143. The predicted octanol–water partition coefficient (Wildman–Crippen LogP) is 3.37. The molecule has 0 amide bonds. The van der Waals surface area contributed by atoms with Gasteiger partial charge in [0.1, 0.15) is 4.90 Å². The Bertz CT molecular complexity index is 1130. The lowest BCUT2D eigenvalue weighted by Crippen LogP contribution is -2.23. The van der Waals surface area contributed by atoms with E-state index in [0.29, 0.717) is 5.52 Å². The van der Waals surface area contributed by atoms with Crippen LogP contribution in [0.3, 0.4) is 0 Å². The fraction of sp³-hybridized carbons (Fsp3) is 0.0526. The van der Waals surface area contributed by atoms with Gasteiger partial charge in [-0.05, 0) is 29.8 Å². The first kappa shape index (κ1) is 16.4. The molecule has 1 N–H and O–H groups in total. The minimum Gasteiger partial charge on any atom is -0.472 e. The van der Waals surface area contributed by atoms with Crippen LogP contribution in [0.15, 0.2) is 82.8 Å². The molecule has 26 heavy (non-hydrogen) atoms. The molecule has 3 heterocycles. The summed E-state index contributed by atoms with van der Waals surface area (Å²) in [5, 5.41) is 0.779. The zero-order chi connectivity index (χ0) is 18.0. The van der Waals surface area contributed by atoms with E-state index in [1.807, 2.05) is 30.3 Å². The number of pyridine rings is 2. The molecule has 0 radical (unpaired) electrons. The molecule has 3 aromatic heterocycles. The summed E-state index contributed by atoms with van der Waals surface area (Å²) in [7, 11) is -3.69. The number of hydrogen-bond acceptors (Lipinski definition) is 5. The highest BCUT2D eigenvalue weighted by atomic mass is 32.2. The number of nitrogens with zero attached hydrogens (tertiary/aromatic N) is 2. The van der Waals surface area contributed by atoms with Crippen LogP contribution in [0.2, 0.25) is 0 Å². The van der Waals surface area contributed by atoms with Gasteiger partial charge in [0.15, 0.2) is 0 Å². The van der Waals surface area contributed by atoms with Gasteiger partial charge in [-0.25, -0.2) is 13.1 Å². The third-order valence-corrected chi connectivity index (χ3v) is 5.43. The topological polar surface area (TPSA) is 85.1 Å². The Labute approximate surface area is 150 Å². The minimum atomic E-state index is -3.69. The Morgan fingerprint density at radius 3 is 2.65 bits per heavy atom. The van der Waals surface area contributed by atoms with Crippen molar-refractivity contribution >= 4 is 20.9 Å². The second-order valence-corrected chi connectivity index (χ2v) is 7.45.